The van der Waals surface area contributed by atoms with Crippen LogP contribution >= 0.6 is 23.4 Å². The van der Waals surface area contributed by atoms with Gasteiger partial charge in [0, 0.05) is 47.3 Å². The maximum absolute atomic E-state index is 11.4. The summed E-state index contributed by atoms with van der Waals surface area (Å²) in [5.74, 6) is 0.166. The lowest BCUT2D eigenvalue weighted by atomic mass is 9.94. The zero-order valence-electron chi connectivity index (χ0n) is 19.0. The SMILES string of the molecule is O=C1CCC(CNCC2Nc3cc(-c4cccc(-c5cccc6c5CCC6)c4Cl)ccc3S2)N1. The number of amides is 1. The van der Waals surface area contributed by atoms with Gasteiger partial charge in [-0.2, -0.15) is 0 Å². The predicted octanol–water partition coefficient (Wildman–Crippen LogP) is 5.87. The third-order valence-corrected chi connectivity index (χ3v) is 8.70. The molecule has 2 unspecified atom stereocenters. The monoisotopic (exact) mass is 489 g/mol. The summed E-state index contributed by atoms with van der Waals surface area (Å²) < 4.78 is 0. The lowest BCUT2D eigenvalue weighted by molar-refractivity contribution is -0.119. The second-order valence-electron chi connectivity index (χ2n) is 9.39. The van der Waals surface area contributed by atoms with Gasteiger partial charge >= 0.3 is 0 Å². The summed E-state index contributed by atoms with van der Waals surface area (Å²) >= 11 is 8.88. The summed E-state index contributed by atoms with van der Waals surface area (Å²) in [6.07, 6.45) is 5.09. The average molecular weight is 490 g/mol. The average Bonchev–Trinajstić information content (AvgIpc) is 3.58. The zero-order valence-corrected chi connectivity index (χ0v) is 20.6. The Morgan fingerprint density at radius 2 is 1.79 bits per heavy atom. The van der Waals surface area contributed by atoms with Crippen molar-refractivity contribution in [2.45, 2.75) is 48.4 Å². The van der Waals surface area contributed by atoms with E-state index in [1.165, 1.54) is 34.4 Å². The standard InChI is InChI=1S/C28H28ClN3OS/c29-28-21(7-3-9-23(28)22-8-2-5-17-4-1-6-20(17)22)18-10-12-25-24(14-18)32-27(34-25)16-30-15-19-11-13-26(33)31-19/h2-3,5,7-10,12,14,19,27,30,32H,1,4,6,11,13,15-16H2,(H,31,33). The van der Waals surface area contributed by atoms with E-state index in [1.807, 2.05) is 11.8 Å². The molecule has 2 aliphatic heterocycles. The van der Waals surface area contributed by atoms with Crippen LogP contribution in [0.1, 0.15) is 30.4 Å². The number of anilines is 1. The van der Waals surface area contributed by atoms with Crippen LogP contribution in [0.2, 0.25) is 5.02 Å². The van der Waals surface area contributed by atoms with Crippen molar-refractivity contribution in [2.75, 3.05) is 18.4 Å². The molecule has 2 heterocycles. The highest BCUT2D eigenvalue weighted by molar-refractivity contribution is 8.00. The van der Waals surface area contributed by atoms with Gasteiger partial charge in [-0.15, -0.1) is 0 Å². The van der Waals surface area contributed by atoms with Crippen LogP contribution in [-0.2, 0) is 17.6 Å². The Morgan fingerprint density at radius 3 is 2.68 bits per heavy atom. The number of fused-ring (bicyclic) bond motifs is 2. The highest BCUT2D eigenvalue weighted by Gasteiger charge is 2.24. The predicted molar refractivity (Wildman–Crippen MR) is 142 cm³/mol. The second-order valence-corrected chi connectivity index (χ2v) is 11.0. The van der Waals surface area contributed by atoms with Crippen LogP contribution < -0.4 is 16.0 Å². The van der Waals surface area contributed by atoms with Crippen molar-refractivity contribution in [3.05, 3.63) is 70.7 Å². The first-order valence-electron chi connectivity index (χ1n) is 12.1. The molecule has 3 aromatic rings. The smallest absolute Gasteiger partial charge is 0.220 e. The molecule has 2 atom stereocenters. The van der Waals surface area contributed by atoms with Gasteiger partial charge in [0.25, 0.3) is 0 Å². The molecule has 3 aliphatic rings. The zero-order chi connectivity index (χ0) is 23.1. The van der Waals surface area contributed by atoms with Crippen molar-refractivity contribution >= 4 is 35.0 Å². The van der Waals surface area contributed by atoms with Crippen LogP contribution in [0.4, 0.5) is 5.69 Å². The highest BCUT2D eigenvalue weighted by atomic mass is 35.5. The molecule has 1 saturated heterocycles. The molecule has 3 aromatic carbocycles. The Balaban J connectivity index is 1.19. The van der Waals surface area contributed by atoms with E-state index in [4.69, 9.17) is 11.6 Å². The Hall–Kier alpha value is -2.47. The molecule has 1 fully saturated rings. The number of hydrogen-bond donors (Lipinski definition) is 3. The number of aryl methyl sites for hydroxylation is 1. The minimum Gasteiger partial charge on any atom is -0.371 e. The minimum atomic E-state index is 0.166. The number of hydrogen-bond acceptors (Lipinski definition) is 4. The van der Waals surface area contributed by atoms with Crippen LogP contribution in [0.25, 0.3) is 22.3 Å². The summed E-state index contributed by atoms with van der Waals surface area (Å²) in [5, 5.41) is 11.3. The number of benzene rings is 3. The largest absolute Gasteiger partial charge is 0.371 e. The van der Waals surface area contributed by atoms with Crippen LogP contribution in [-0.4, -0.2) is 30.4 Å². The van der Waals surface area contributed by atoms with Crippen molar-refractivity contribution in [3.63, 3.8) is 0 Å². The molecule has 174 valence electrons. The first kappa shape index (κ1) is 22.0. The van der Waals surface area contributed by atoms with Crippen LogP contribution in [0, 0.1) is 0 Å². The number of nitrogens with one attached hydrogen (secondary N) is 3. The third-order valence-electron chi connectivity index (χ3n) is 7.12. The van der Waals surface area contributed by atoms with Gasteiger partial charge in [-0.3, -0.25) is 4.79 Å². The molecule has 3 N–H and O–H groups in total. The summed E-state index contributed by atoms with van der Waals surface area (Å²) in [6.45, 7) is 1.66. The fourth-order valence-electron chi connectivity index (χ4n) is 5.42. The Kier molecular flexibility index (Phi) is 6.02. The fourth-order valence-corrected chi connectivity index (χ4v) is 6.84. The van der Waals surface area contributed by atoms with Crippen LogP contribution in [0.3, 0.4) is 0 Å². The molecule has 0 spiro atoms. The van der Waals surface area contributed by atoms with E-state index in [0.29, 0.717) is 6.42 Å². The van der Waals surface area contributed by atoms with Crippen molar-refractivity contribution in [1.82, 2.24) is 10.6 Å². The number of rotatable bonds is 6. The van der Waals surface area contributed by atoms with E-state index in [1.54, 1.807) is 0 Å². The molecule has 1 amide bonds. The van der Waals surface area contributed by atoms with Gasteiger partial charge in [0.15, 0.2) is 0 Å². The molecule has 1 aliphatic carbocycles. The van der Waals surface area contributed by atoms with Gasteiger partial charge in [-0.25, -0.2) is 0 Å². The summed E-state index contributed by atoms with van der Waals surface area (Å²) in [6, 6.07) is 19.9. The maximum Gasteiger partial charge on any atom is 0.220 e. The van der Waals surface area contributed by atoms with Crippen molar-refractivity contribution in [3.8, 4) is 22.3 Å². The number of carbonyl (C=O) groups excluding carboxylic acids is 1. The summed E-state index contributed by atoms with van der Waals surface area (Å²) in [7, 11) is 0. The van der Waals surface area contributed by atoms with E-state index >= 15 is 0 Å². The molecule has 0 aromatic heterocycles. The van der Waals surface area contributed by atoms with Gasteiger partial charge in [0.05, 0.1) is 10.4 Å². The third kappa shape index (κ3) is 4.21. The first-order valence-corrected chi connectivity index (χ1v) is 13.4. The summed E-state index contributed by atoms with van der Waals surface area (Å²) in [5.41, 5.74) is 8.69. The Morgan fingerprint density at radius 1 is 0.941 bits per heavy atom. The Bertz CT molecular complexity index is 1260. The molecule has 0 saturated carbocycles. The maximum atomic E-state index is 11.4. The molecule has 6 heteroatoms. The molecule has 0 bridgehead atoms. The van der Waals surface area contributed by atoms with E-state index in [-0.39, 0.29) is 17.3 Å². The van der Waals surface area contributed by atoms with Crippen LogP contribution in [0.5, 0.6) is 0 Å². The first-order chi connectivity index (χ1) is 16.7. The van der Waals surface area contributed by atoms with Gasteiger partial charge in [-0.1, -0.05) is 65.8 Å². The van der Waals surface area contributed by atoms with E-state index in [0.717, 1.165) is 53.3 Å². The molecule has 0 radical (unpaired) electrons. The van der Waals surface area contributed by atoms with E-state index < -0.39 is 0 Å². The van der Waals surface area contributed by atoms with Gasteiger partial charge < -0.3 is 16.0 Å². The highest BCUT2D eigenvalue weighted by Crippen LogP contribution is 2.44. The molecular formula is C28H28ClN3OS. The lowest BCUT2D eigenvalue weighted by Crippen LogP contribution is -2.39. The van der Waals surface area contributed by atoms with Gasteiger partial charge in [0.1, 0.15) is 0 Å². The van der Waals surface area contributed by atoms with Crippen molar-refractivity contribution < 1.29 is 4.79 Å². The lowest BCUT2D eigenvalue weighted by Gasteiger charge is -2.15. The van der Waals surface area contributed by atoms with Gasteiger partial charge in [0.2, 0.25) is 5.91 Å². The van der Waals surface area contributed by atoms with Crippen LogP contribution in [0.15, 0.2) is 59.5 Å². The van der Waals surface area contributed by atoms with Crippen molar-refractivity contribution in [1.29, 1.82) is 0 Å². The quantitative estimate of drug-likeness (QED) is 0.405. The van der Waals surface area contributed by atoms with Gasteiger partial charge in [-0.05, 0) is 60.1 Å². The normalized spacial score (nSPS) is 20.7. The summed E-state index contributed by atoms with van der Waals surface area (Å²) in [4.78, 5) is 12.6. The van der Waals surface area contributed by atoms with E-state index in [9.17, 15) is 4.79 Å². The fraction of sp³-hybridized carbons (Fsp3) is 0.321. The molecule has 6 rings (SSSR count). The Labute approximate surface area is 209 Å². The topological polar surface area (TPSA) is 53.2 Å². The minimum absolute atomic E-state index is 0.166. The molecular weight excluding hydrogens is 462 g/mol. The van der Waals surface area contributed by atoms with Crippen molar-refractivity contribution in [2.24, 2.45) is 0 Å². The number of thioether (sulfide) groups is 1. The number of halogens is 1. The molecule has 34 heavy (non-hydrogen) atoms. The van der Waals surface area contributed by atoms with E-state index in [2.05, 4.69) is 70.5 Å². The molecule has 4 nitrogen and oxygen atoms in total. The second kappa shape index (κ2) is 9.29. The number of carbonyl (C=O) groups is 1.